The second-order valence-corrected chi connectivity index (χ2v) is 8.54. The molecular formula is C17H19N7O4S. The maximum atomic E-state index is 12.9. The SMILES string of the molecule is Cc1noc(C)c1S(=O)(=O)N1CCN(C(=O)c2ccc(-c3nn[nH]n3)cc2)CC1. The molecule has 1 aliphatic rings. The Bertz CT molecular complexity index is 1100. The van der Waals surface area contributed by atoms with Crippen LogP contribution in [-0.4, -0.2) is 75.5 Å². The zero-order chi connectivity index (χ0) is 20.6. The van der Waals surface area contributed by atoms with Crippen LogP contribution in [0, 0.1) is 13.8 Å². The fourth-order valence-electron chi connectivity index (χ4n) is 3.33. The van der Waals surface area contributed by atoms with E-state index >= 15 is 0 Å². The molecule has 12 heteroatoms. The van der Waals surface area contributed by atoms with Gasteiger partial charge in [-0.1, -0.05) is 17.3 Å². The van der Waals surface area contributed by atoms with Gasteiger partial charge in [0.15, 0.2) is 5.76 Å². The van der Waals surface area contributed by atoms with Gasteiger partial charge in [0, 0.05) is 37.3 Å². The van der Waals surface area contributed by atoms with E-state index in [9.17, 15) is 13.2 Å². The Balaban J connectivity index is 1.43. The van der Waals surface area contributed by atoms with Crippen molar-refractivity contribution in [2.45, 2.75) is 18.7 Å². The van der Waals surface area contributed by atoms with E-state index in [-0.39, 0.29) is 29.7 Å². The molecule has 0 unspecified atom stereocenters. The molecule has 0 saturated carbocycles. The van der Waals surface area contributed by atoms with Gasteiger partial charge in [-0.25, -0.2) is 8.42 Å². The number of hydrogen-bond donors (Lipinski definition) is 1. The second kappa shape index (κ2) is 7.37. The van der Waals surface area contributed by atoms with Crippen molar-refractivity contribution in [2.75, 3.05) is 26.2 Å². The first-order valence-electron chi connectivity index (χ1n) is 8.94. The first-order chi connectivity index (χ1) is 13.9. The molecule has 1 saturated heterocycles. The molecule has 1 N–H and O–H groups in total. The van der Waals surface area contributed by atoms with E-state index in [0.29, 0.717) is 30.2 Å². The minimum atomic E-state index is -3.71. The van der Waals surface area contributed by atoms with E-state index < -0.39 is 10.0 Å². The summed E-state index contributed by atoms with van der Waals surface area (Å²) in [6.45, 7) is 4.19. The van der Waals surface area contributed by atoms with Gasteiger partial charge in [0.2, 0.25) is 15.8 Å². The number of benzene rings is 1. The lowest BCUT2D eigenvalue weighted by atomic mass is 10.1. The molecule has 1 aromatic carbocycles. The Kier molecular flexibility index (Phi) is 4.88. The van der Waals surface area contributed by atoms with Gasteiger partial charge in [0.25, 0.3) is 5.91 Å². The van der Waals surface area contributed by atoms with Crippen LogP contribution in [0.2, 0.25) is 0 Å². The summed E-state index contributed by atoms with van der Waals surface area (Å²) in [6, 6.07) is 6.88. The third-order valence-electron chi connectivity index (χ3n) is 4.83. The van der Waals surface area contributed by atoms with E-state index in [1.807, 2.05) is 0 Å². The number of piperazine rings is 1. The number of carbonyl (C=O) groups is 1. The molecule has 1 amide bonds. The van der Waals surface area contributed by atoms with E-state index in [4.69, 9.17) is 4.52 Å². The normalized spacial score (nSPS) is 15.6. The number of aromatic amines is 1. The van der Waals surface area contributed by atoms with Gasteiger partial charge in [-0.05, 0) is 31.2 Å². The number of H-pyrrole nitrogens is 1. The van der Waals surface area contributed by atoms with Crippen LogP contribution >= 0.6 is 0 Å². The van der Waals surface area contributed by atoms with Gasteiger partial charge >= 0.3 is 0 Å². The van der Waals surface area contributed by atoms with E-state index in [1.165, 1.54) is 4.31 Å². The molecule has 3 aromatic rings. The minimum Gasteiger partial charge on any atom is -0.360 e. The van der Waals surface area contributed by atoms with Gasteiger partial charge in [0.1, 0.15) is 10.6 Å². The van der Waals surface area contributed by atoms with E-state index in [0.717, 1.165) is 5.56 Å². The van der Waals surface area contributed by atoms with Crippen molar-refractivity contribution >= 4 is 15.9 Å². The highest BCUT2D eigenvalue weighted by Gasteiger charge is 2.34. The quantitative estimate of drug-likeness (QED) is 0.652. The van der Waals surface area contributed by atoms with Crippen molar-refractivity contribution in [1.29, 1.82) is 0 Å². The summed E-state index contributed by atoms with van der Waals surface area (Å²) in [5.41, 5.74) is 1.59. The average molecular weight is 417 g/mol. The number of aryl methyl sites for hydroxylation is 2. The molecule has 1 fully saturated rings. The summed E-state index contributed by atoms with van der Waals surface area (Å²) in [6.07, 6.45) is 0. The molecule has 3 heterocycles. The largest absolute Gasteiger partial charge is 0.360 e. The maximum absolute atomic E-state index is 12.9. The van der Waals surface area contributed by atoms with Crippen molar-refractivity contribution in [1.82, 2.24) is 35.0 Å². The Morgan fingerprint density at radius 1 is 1.10 bits per heavy atom. The summed E-state index contributed by atoms with van der Waals surface area (Å²) < 4.78 is 32.1. The fourth-order valence-corrected chi connectivity index (χ4v) is 5.05. The van der Waals surface area contributed by atoms with Crippen LogP contribution in [0.15, 0.2) is 33.7 Å². The zero-order valence-electron chi connectivity index (χ0n) is 15.9. The molecule has 11 nitrogen and oxygen atoms in total. The van der Waals surface area contributed by atoms with Gasteiger partial charge < -0.3 is 9.42 Å². The molecule has 0 radical (unpaired) electrons. The van der Waals surface area contributed by atoms with Crippen LogP contribution < -0.4 is 0 Å². The third kappa shape index (κ3) is 3.51. The number of nitrogens with zero attached hydrogens (tertiary/aromatic N) is 6. The van der Waals surface area contributed by atoms with Crippen molar-refractivity contribution in [3.63, 3.8) is 0 Å². The first kappa shape index (κ1) is 19.2. The molecule has 0 atom stereocenters. The lowest BCUT2D eigenvalue weighted by molar-refractivity contribution is 0.0698. The van der Waals surface area contributed by atoms with Gasteiger partial charge in [-0.2, -0.15) is 9.52 Å². The summed E-state index contributed by atoms with van der Waals surface area (Å²) >= 11 is 0. The predicted octanol–water partition coefficient (Wildman–Crippen LogP) is 0.618. The number of amides is 1. The summed E-state index contributed by atoms with van der Waals surface area (Å²) in [4.78, 5) is 14.5. The van der Waals surface area contributed by atoms with Crippen molar-refractivity contribution < 1.29 is 17.7 Å². The van der Waals surface area contributed by atoms with Crippen LogP contribution in [0.25, 0.3) is 11.4 Å². The number of aromatic nitrogens is 5. The van der Waals surface area contributed by atoms with E-state index in [1.54, 1.807) is 43.0 Å². The average Bonchev–Trinajstić information content (AvgIpc) is 3.38. The highest BCUT2D eigenvalue weighted by Crippen LogP contribution is 2.24. The maximum Gasteiger partial charge on any atom is 0.253 e. The highest BCUT2D eigenvalue weighted by atomic mass is 32.2. The fraction of sp³-hybridized carbons (Fsp3) is 0.353. The van der Waals surface area contributed by atoms with Crippen molar-refractivity contribution in [3.8, 4) is 11.4 Å². The monoisotopic (exact) mass is 417 g/mol. The zero-order valence-corrected chi connectivity index (χ0v) is 16.7. The predicted molar refractivity (Wildman–Crippen MR) is 100 cm³/mol. The van der Waals surface area contributed by atoms with Gasteiger partial charge in [-0.15, -0.1) is 10.2 Å². The molecule has 0 bridgehead atoms. The number of hydrogen-bond acceptors (Lipinski definition) is 8. The topological polar surface area (TPSA) is 138 Å². The molecule has 0 spiro atoms. The molecule has 2 aromatic heterocycles. The number of nitrogens with one attached hydrogen (secondary N) is 1. The van der Waals surface area contributed by atoms with Crippen LogP contribution in [0.4, 0.5) is 0 Å². The smallest absolute Gasteiger partial charge is 0.253 e. The molecule has 0 aliphatic carbocycles. The van der Waals surface area contributed by atoms with Crippen LogP contribution in [0.1, 0.15) is 21.8 Å². The van der Waals surface area contributed by atoms with Gasteiger partial charge in [-0.3, -0.25) is 4.79 Å². The molecular weight excluding hydrogens is 398 g/mol. The van der Waals surface area contributed by atoms with Crippen LogP contribution in [0.5, 0.6) is 0 Å². The number of carbonyl (C=O) groups excluding carboxylic acids is 1. The molecule has 4 rings (SSSR count). The Labute approximate surface area is 166 Å². The minimum absolute atomic E-state index is 0.106. The Morgan fingerprint density at radius 2 is 1.79 bits per heavy atom. The molecule has 152 valence electrons. The van der Waals surface area contributed by atoms with Crippen molar-refractivity contribution in [2.24, 2.45) is 0 Å². The molecule has 1 aliphatic heterocycles. The van der Waals surface area contributed by atoms with Crippen LogP contribution in [0.3, 0.4) is 0 Å². The Hall–Kier alpha value is -3.12. The van der Waals surface area contributed by atoms with E-state index in [2.05, 4.69) is 25.8 Å². The summed E-state index contributed by atoms with van der Waals surface area (Å²) in [5, 5.41) is 17.4. The highest BCUT2D eigenvalue weighted by molar-refractivity contribution is 7.89. The summed E-state index contributed by atoms with van der Waals surface area (Å²) in [7, 11) is -3.71. The standard InChI is InChI=1S/C17H19N7O4S/c1-11-15(12(2)28-20-11)29(26,27)24-9-7-23(8-10-24)17(25)14-5-3-13(4-6-14)16-18-21-22-19-16/h3-6H,7-10H2,1-2H3,(H,18,19,21,22). The van der Waals surface area contributed by atoms with Crippen LogP contribution in [-0.2, 0) is 10.0 Å². The molecule has 29 heavy (non-hydrogen) atoms. The lowest BCUT2D eigenvalue weighted by Gasteiger charge is -2.34. The van der Waals surface area contributed by atoms with Gasteiger partial charge in [0.05, 0.1) is 0 Å². The number of tetrazole rings is 1. The third-order valence-corrected chi connectivity index (χ3v) is 6.97. The lowest BCUT2D eigenvalue weighted by Crippen LogP contribution is -2.50. The summed E-state index contributed by atoms with van der Waals surface area (Å²) in [5.74, 6) is 0.559. The van der Waals surface area contributed by atoms with Crippen molar-refractivity contribution in [3.05, 3.63) is 41.3 Å². The number of sulfonamides is 1. The first-order valence-corrected chi connectivity index (χ1v) is 10.4. The number of rotatable bonds is 4. The second-order valence-electron chi connectivity index (χ2n) is 6.66. The Morgan fingerprint density at radius 3 is 2.34 bits per heavy atom.